The van der Waals surface area contributed by atoms with E-state index in [1.807, 2.05) is 0 Å². The Bertz CT molecular complexity index is 887. The summed E-state index contributed by atoms with van der Waals surface area (Å²) in [6.45, 7) is 4.07. The van der Waals surface area contributed by atoms with Crippen LogP contribution in [0.3, 0.4) is 0 Å². The molecule has 0 N–H and O–H groups in total. The average molecular weight is 415 g/mol. The lowest BCUT2D eigenvalue weighted by atomic mass is 10.1. The number of hydrogen-bond donors (Lipinski definition) is 0. The molecule has 1 saturated heterocycles. The summed E-state index contributed by atoms with van der Waals surface area (Å²) in [5.74, 6) is 0. The maximum atomic E-state index is 2.61. The van der Waals surface area contributed by atoms with Crippen LogP contribution in [0, 0.1) is 0 Å². The van der Waals surface area contributed by atoms with Crippen molar-refractivity contribution in [3.05, 3.63) is 95.6 Å². The Morgan fingerprint density at radius 1 is 0.613 bits per heavy atom. The summed E-state index contributed by atoms with van der Waals surface area (Å²) >= 11 is 0. The number of nitrogens with zero attached hydrogens (tertiary/aromatic N) is 4. The Balaban J connectivity index is 1.53. The van der Waals surface area contributed by atoms with E-state index < -0.39 is 0 Å². The summed E-state index contributed by atoms with van der Waals surface area (Å²) in [5, 5.41) is 0. The van der Waals surface area contributed by atoms with Crippen LogP contribution in [0.15, 0.2) is 78.9 Å². The van der Waals surface area contributed by atoms with Gasteiger partial charge in [0.25, 0.3) is 0 Å². The molecule has 31 heavy (non-hydrogen) atoms. The molecule has 0 aromatic heterocycles. The molecule has 1 aliphatic rings. The Hall–Kier alpha value is -2.82. The number of benzene rings is 3. The SMILES string of the molecule is CN(C)c1ccc(CN2CCN(Cc3ccc(N(C)C)cc3)C2c2ccccc2)cc1. The van der Waals surface area contributed by atoms with Crippen molar-refractivity contribution < 1.29 is 0 Å². The third kappa shape index (κ3) is 5.09. The van der Waals surface area contributed by atoms with Crippen molar-refractivity contribution in [2.45, 2.75) is 19.3 Å². The van der Waals surface area contributed by atoms with E-state index in [1.54, 1.807) is 0 Å². The summed E-state index contributed by atoms with van der Waals surface area (Å²) in [6, 6.07) is 28.9. The highest BCUT2D eigenvalue weighted by Crippen LogP contribution is 2.33. The van der Waals surface area contributed by atoms with Gasteiger partial charge >= 0.3 is 0 Å². The zero-order chi connectivity index (χ0) is 21.8. The molecule has 0 spiro atoms. The Morgan fingerprint density at radius 2 is 1.03 bits per heavy atom. The maximum absolute atomic E-state index is 2.61. The standard InChI is InChI=1S/C27H34N4/c1-28(2)25-14-10-22(11-15-25)20-30-18-19-31(27(30)24-8-6-5-7-9-24)21-23-12-16-26(17-13-23)29(3)4/h5-17,27H,18-21H2,1-4H3. The van der Waals surface area contributed by atoms with E-state index in [4.69, 9.17) is 0 Å². The minimum absolute atomic E-state index is 0.295. The molecule has 162 valence electrons. The van der Waals surface area contributed by atoms with Gasteiger partial charge in [-0.3, -0.25) is 9.80 Å². The van der Waals surface area contributed by atoms with Crippen LogP contribution in [-0.4, -0.2) is 51.1 Å². The first-order valence-corrected chi connectivity index (χ1v) is 11.1. The quantitative estimate of drug-likeness (QED) is 0.549. The first-order valence-electron chi connectivity index (χ1n) is 11.1. The molecule has 4 rings (SSSR count). The lowest BCUT2D eigenvalue weighted by Gasteiger charge is -2.31. The van der Waals surface area contributed by atoms with Crippen molar-refractivity contribution in [3.63, 3.8) is 0 Å². The number of hydrogen-bond acceptors (Lipinski definition) is 4. The lowest BCUT2D eigenvalue weighted by molar-refractivity contribution is 0.126. The maximum Gasteiger partial charge on any atom is 0.0892 e. The summed E-state index contributed by atoms with van der Waals surface area (Å²) in [6.07, 6.45) is 0.295. The van der Waals surface area contributed by atoms with Crippen LogP contribution in [0.1, 0.15) is 22.9 Å². The second kappa shape index (κ2) is 9.54. The van der Waals surface area contributed by atoms with Crippen molar-refractivity contribution in [1.82, 2.24) is 9.80 Å². The van der Waals surface area contributed by atoms with Gasteiger partial charge in [0, 0.05) is 65.7 Å². The Kier molecular flexibility index (Phi) is 6.59. The van der Waals surface area contributed by atoms with Crippen LogP contribution >= 0.6 is 0 Å². The molecular formula is C27H34N4. The van der Waals surface area contributed by atoms with Crippen LogP contribution in [0.5, 0.6) is 0 Å². The van der Waals surface area contributed by atoms with Gasteiger partial charge in [-0.15, -0.1) is 0 Å². The molecule has 0 amide bonds. The lowest BCUT2D eigenvalue weighted by Crippen LogP contribution is -2.30. The molecule has 0 saturated carbocycles. The molecular weight excluding hydrogens is 380 g/mol. The van der Waals surface area contributed by atoms with Crippen LogP contribution in [0.4, 0.5) is 11.4 Å². The topological polar surface area (TPSA) is 13.0 Å². The summed E-state index contributed by atoms with van der Waals surface area (Å²) in [5.41, 5.74) is 6.59. The third-order valence-corrected chi connectivity index (χ3v) is 6.14. The molecule has 0 atom stereocenters. The predicted octanol–water partition coefficient (Wildman–Crippen LogP) is 4.84. The van der Waals surface area contributed by atoms with Gasteiger partial charge in [0.2, 0.25) is 0 Å². The Morgan fingerprint density at radius 3 is 1.42 bits per heavy atom. The molecule has 1 fully saturated rings. The average Bonchev–Trinajstić information content (AvgIpc) is 3.17. The first kappa shape index (κ1) is 21.4. The first-order chi connectivity index (χ1) is 15.0. The van der Waals surface area contributed by atoms with Gasteiger partial charge in [0.1, 0.15) is 0 Å². The van der Waals surface area contributed by atoms with Crippen molar-refractivity contribution in [2.75, 3.05) is 51.1 Å². The third-order valence-electron chi connectivity index (χ3n) is 6.14. The van der Waals surface area contributed by atoms with Gasteiger partial charge in [-0.1, -0.05) is 54.6 Å². The predicted molar refractivity (Wildman–Crippen MR) is 132 cm³/mol. The molecule has 0 unspecified atom stereocenters. The molecule has 3 aromatic carbocycles. The highest BCUT2D eigenvalue weighted by Gasteiger charge is 2.33. The van der Waals surface area contributed by atoms with Crippen molar-refractivity contribution in [3.8, 4) is 0 Å². The second-order valence-corrected chi connectivity index (χ2v) is 8.85. The van der Waals surface area contributed by atoms with Gasteiger partial charge in [-0.25, -0.2) is 0 Å². The minimum atomic E-state index is 0.295. The highest BCUT2D eigenvalue weighted by molar-refractivity contribution is 5.47. The van der Waals surface area contributed by atoms with Crippen molar-refractivity contribution >= 4 is 11.4 Å². The van der Waals surface area contributed by atoms with Crippen LogP contribution < -0.4 is 9.80 Å². The van der Waals surface area contributed by atoms with E-state index in [9.17, 15) is 0 Å². The molecule has 1 aliphatic heterocycles. The molecule has 0 aliphatic carbocycles. The molecule has 3 aromatic rings. The zero-order valence-corrected chi connectivity index (χ0v) is 19.2. The van der Waals surface area contributed by atoms with Gasteiger partial charge in [0.15, 0.2) is 0 Å². The Labute approximate surface area is 187 Å². The molecule has 0 radical (unpaired) electrons. The minimum Gasteiger partial charge on any atom is -0.378 e. The van der Waals surface area contributed by atoms with Gasteiger partial charge < -0.3 is 9.80 Å². The second-order valence-electron chi connectivity index (χ2n) is 8.85. The van der Waals surface area contributed by atoms with Crippen molar-refractivity contribution in [1.29, 1.82) is 0 Å². The summed E-state index contributed by atoms with van der Waals surface area (Å²) < 4.78 is 0. The smallest absolute Gasteiger partial charge is 0.0892 e. The fourth-order valence-corrected chi connectivity index (χ4v) is 4.38. The summed E-state index contributed by atoms with van der Waals surface area (Å²) in [7, 11) is 8.35. The van der Waals surface area contributed by atoms with Crippen LogP contribution in [-0.2, 0) is 13.1 Å². The van der Waals surface area contributed by atoms with E-state index >= 15 is 0 Å². The summed E-state index contributed by atoms with van der Waals surface area (Å²) in [4.78, 5) is 9.51. The molecule has 0 bridgehead atoms. The highest BCUT2D eigenvalue weighted by atomic mass is 15.4. The van der Waals surface area contributed by atoms with Gasteiger partial charge in [-0.2, -0.15) is 0 Å². The molecule has 1 heterocycles. The van der Waals surface area contributed by atoms with Crippen LogP contribution in [0.2, 0.25) is 0 Å². The fourth-order valence-electron chi connectivity index (χ4n) is 4.38. The number of anilines is 2. The van der Waals surface area contributed by atoms with Crippen molar-refractivity contribution in [2.24, 2.45) is 0 Å². The van der Waals surface area contributed by atoms with E-state index in [0.717, 1.165) is 26.2 Å². The van der Waals surface area contributed by atoms with E-state index in [0.29, 0.717) is 6.17 Å². The largest absolute Gasteiger partial charge is 0.378 e. The molecule has 4 nitrogen and oxygen atoms in total. The van der Waals surface area contributed by atoms with Crippen LogP contribution in [0.25, 0.3) is 0 Å². The van der Waals surface area contributed by atoms with E-state index in [-0.39, 0.29) is 0 Å². The molecule has 4 heteroatoms. The van der Waals surface area contributed by atoms with E-state index in [1.165, 1.54) is 28.1 Å². The zero-order valence-electron chi connectivity index (χ0n) is 19.2. The monoisotopic (exact) mass is 414 g/mol. The fraction of sp³-hybridized carbons (Fsp3) is 0.333. The number of rotatable bonds is 7. The van der Waals surface area contributed by atoms with Gasteiger partial charge in [0.05, 0.1) is 6.17 Å². The normalized spacial score (nSPS) is 15.4. The van der Waals surface area contributed by atoms with E-state index in [2.05, 4.69) is 127 Å². The van der Waals surface area contributed by atoms with Gasteiger partial charge in [-0.05, 0) is 41.0 Å².